The molecule has 0 bridgehead atoms. The summed E-state index contributed by atoms with van der Waals surface area (Å²) in [5.74, 6) is 0.0386. The number of nitrogens with zero attached hydrogens (tertiary/aromatic N) is 1. The van der Waals surface area contributed by atoms with Gasteiger partial charge in [0, 0.05) is 35.8 Å². The fraction of sp³-hybridized carbons (Fsp3) is 0.417. The monoisotopic (exact) mass is 446 g/mol. The van der Waals surface area contributed by atoms with E-state index in [0.717, 1.165) is 11.6 Å². The van der Waals surface area contributed by atoms with Crippen LogP contribution in [0.25, 0.3) is 0 Å². The molecule has 2 amide bonds. The summed E-state index contributed by atoms with van der Waals surface area (Å²) < 4.78 is 45.3. The van der Waals surface area contributed by atoms with E-state index in [4.69, 9.17) is 4.74 Å². The van der Waals surface area contributed by atoms with Crippen LogP contribution in [0.5, 0.6) is 5.75 Å². The number of hydrogen-bond acceptors (Lipinski definition) is 3. The van der Waals surface area contributed by atoms with Crippen LogP contribution in [0.3, 0.4) is 0 Å². The molecule has 0 unspecified atom stereocenters. The molecular weight excluding hydrogens is 421 g/mol. The average Bonchev–Trinajstić information content (AvgIpc) is 3.11. The molecule has 8 heteroatoms. The van der Waals surface area contributed by atoms with Crippen LogP contribution in [0.4, 0.5) is 18.9 Å². The number of nitrogens with one attached hydrogen (secondary N) is 1. The van der Waals surface area contributed by atoms with E-state index in [0.29, 0.717) is 37.1 Å². The zero-order valence-corrected chi connectivity index (χ0v) is 18.0. The number of carbonyl (C=O) groups excluding carboxylic acids is 2. The van der Waals surface area contributed by atoms with Crippen molar-refractivity contribution in [2.75, 3.05) is 12.4 Å². The van der Waals surface area contributed by atoms with Crippen molar-refractivity contribution < 1.29 is 27.5 Å². The lowest BCUT2D eigenvalue weighted by molar-refractivity contribution is -0.138. The summed E-state index contributed by atoms with van der Waals surface area (Å²) >= 11 is 0. The van der Waals surface area contributed by atoms with Gasteiger partial charge in [-0.25, -0.2) is 0 Å². The summed E-state index contributed by atoms with van der Waals surface area (Å²) in [4.78, 5) is 27.0. The first-order valence-electron chi connectivity index (χ1n) is 10.6. The Labute approximate surface area is 184 Å². The number of anilines is 1. The minimum atomic E-state index is -4.49. The van der Waals surface area contributed by atoms with Crippen molar-refractivity contribution in [1.29, 1.82) is 0 Å². The Bertz CT molecular complexity index is 1040. The molecule has 5 nitrogen and oxygen atoms in total. The zero-order chi connectivity index (χ0) is 23.0. The van der Waals surface area contributed by atoms with Gasteiger partial charge in [-0.05, 0) is 61.9 Å². The van der Waals surface area contributed by atoms with Crippen LogP contribution in [0.2, 0.25) is 0 Å². The van der Waals surface area contributed by atoms with Gasteiger partial charge in [-0.3, -0.25) is 9.59 Å². The molecule has 0 radical (unpaired) electrons. The van der Waals surface area contributed by atoms with Crippen molar-refractivity contribution in [1.82, 2.24) is 4.90 Å². The molecule has 1 N–H and O–H groups in total. The minimum absolute atomic E-state index is 0.0332. The first-order chi connectivity index (χ1) is 15.2. The molecule has 0 atom stereocenters. The summed E-state index contributed by atoms with van der Waals surface area (Å²) in [6.07, 6.45) is -2.18. The van der Waals surface area contributed by atoms with Gasteiger partial charge in [-0.2, -0.15) is 13.2 Å². The molecular formula is C24H25F3N2O3. The van der Waals surface area contributed by atoms with Crippen molar-refractivity contribution >= 4 is 17.5 Å². The van der Waals surface area contributed by atoms with Crippen LogP contribution in [-0.2, 0) is 17.5 Å². The molecule has 4 rings (SSSR count). The van der Waals surface area contributed by atoms with E-state index in [2.05, 4.69) is 5.32 Å². The molecule has 2 aromatic rings. The molecule has 32 heavy (non-hydrogen) atoms. The highest BCUT2D eigenvalue weighted by Gasteiger charge is 2.42. The number of hydrogen-bond donors (Lipinski definition) is 1. The summed E-state index contributed by atoms with van der Waals surface area (Å²) in [5.41, 5.74) is 1.07. The molecule has 0 spiro atoms. The number of benzene rings is 2. The maximum absolute atomic E-state index is 13.3. The number of fused-ring (bicyclic) bond motifs is 1. The van der Waals surface area contributed by atoms with E-state index in [1.807, 2.05) is 19.1 Å². The summed E-state index contributed by atoms with van der Waals surface area (Å²) in [7, 11) is 1.57. The Hall–Kier alpha value is -3.03. The maximum Gasteiger partial charge on any atom is 0.416 e. The van der Waals surface area contributed by atoms with Crippen LogP contribution >= 0.6 is 0 Å². The van der Waals surface area contributed by atoms with E-state index >= 15 is 0 Å². The molecule has 1 aliphatic carbocycles. The third kappa shape index (κ3) is 4.18. The van der Waals surface area contributed by atoms with Gasteiger partial charge in [0.05, 0.1) is 12.7 Å². The summed E-state index contributed by atoms with van der Waals surface area (Å²) in [6.45, 7) is 1.88. The van der Waals surface area contributed by atoms with Crippen molar-refractivity contribution in [3.05, 3.63) is 58.7 Å². The smallest absolute Gasteiger partial charge is 0.416 e. The highest BCUT2D eigenvalue weighted by molar-refractivity contribution is 5.99. The molecule has 1 aliphatic heterocycles. The summed E-state index contributed by atoms with van der Waals surface area (Å²) in [5, 5.41) is 2.92. The number of amides is 2. The van der Waals surface area contributed by atoms with Crippen molar-refractivity contribution in [2.45, 2.75) is 51.4 Å². The number of alkyl halides is 3. The Morgan fingerprint density at radius 1 is 1.12 bits per heavy atom. The molecule has 0 saturated heterocycles. The average molecular weight is 446 g/mol. The second-order valence-electron chi connectivity index (χ2n) is 8.44. The third-order valence-electron chi connectivity index (χ3n) is 6.49. The predicted octanol–water partition coefficient (Wildman–Crippen LogP) is 5.18. The lowest BCUT2D eigenvalue weighted by Crippen LogP contribution is -2.40. The maximum atomic E-state index is 13.3. The standard InChI is InChI=1S/C24H25F3N2O3/c1-14-6-9-16(12-21(14)32-2)28-22(30)15-7-10-17(11-8-15)29-13-19-18(23(29)31)4-3-5-20(19)24(25,26)27/h3-6,9,12,15,17H,7-8,10-11,13H2,1-2H3,(H,28,30). The van der Waals surface area contributed by atoms with Gasteiger partial charge in [-0.15, -0.1) is 0 Å². The second-order valence-corrected chi connectivity index (χ2v) is 8.44. The second kappa shape index (κ2) is 8.48. The molecule has 2 aromatic carbocycles. The number of carbonyl (C=O) groups is 2. The fourth-order valence-corrected chi connectivity index (χ4v) is 4.71. The topological polar surface area (TPSA) is 58.6 Å². The summed E-state index contributed by atoms with van der Waals surface area (Å²) in [6, 6.07) is 9.07. The number of rotatable bonds is 4. The van der Waals surface area contributed by atoms with Crippen molar-refractivity contribution in [2.24, 2.45) is 5.92 Å². The van der Waals surface area contributed by atoms with Crippen LogP contribution in [0.1, 0.15) is 52.7 Å². The van der Waals surface area contributed by atoms with Gasteiger partial charge in [0.25, 0.3) is 5.91 Å². The number of aryl methyl sites for hydroxylation is 1. The third-order valence-corrected chi connectivity index (χ3v) is 6.49. The SMILES string of the molecule is COc1cc(NC(=O)C2CCC(N3Cc4c(cccc4C(F)(F)F)C3=O)CC2)ccc1C. The van der Waals surface area contributed by atoms with E-state index in [1.165, 1.54) is 12.1 Å². The van der Waals surface area contributed by atoms with Crippen molar-refractivity contribution in [3.8, 4) is 5.75 Å². The fourth-order valence-electron chi connectivity index (χ4n) is 4.71. The number of methoxy groups -OCH3 is 1. The van der Waals surface area contributed by atoms with Gasteiger partial charge < -0.3 is 15.0 Å². The Balaban J connectivity index is 1.39. The van der Waals surface area contributed by atoms with Crippen LogP contribution in [-0.4, -0.2) is 29.9 Å². The highest BCUT2D eigenvalue weighted by atomic mass is 19.4. The lowest BCUT2D eigenvalue weighted by atomic mass is 9.84. The molecule has 1 saturated carbocycles. The Kier molecular flexibility index (Phi) is 5.88. The molecule has 1 heterocycles. The van der Waals surface area contributed by atoms with Gasteiger partial charge in [0.2, 0.25) is 5.91 Å². The normalized spacial score (nSPS) is 20.8. The van der Waals surface area contributed by atoms with E-state index in [9.17, 15) is 22.8 Å². The first-order valence-corrected chi connectivity index (χ1v) is 10.6. The van der Waals surface area contributed by atoms with Gasteiger partial charge in [0.1, 0.15) is 5.75 Å². The quantitative estimate of drug-likeness (QED) is 0.705. The highest BCUT2D eigenvalue weighted by Crippen LogP contribution is 2.39. The van der Waals surface area contributed by atoms with Gasteiger partial charge in [-0.1, -0.05) is 12.1 Å². The van der Waals surface area contributed by atoms with Gasteiger partial charge >= 0.3 is 6.18 Å². The first kappa shape index (κ1) is 22.2. The molecule has 0 aromatic heterocycles. The van der Waals surface area contributed by atoms with Crippen LogP contribution in [0, 0.1) is 12.8 Å². The van der Waals surface area contributed by atoms with E-state index in [-0.39, 0.29) is 41.4 Å². The molecule has 1 fully saturated rings. The van der Waals surface area contributed by atoms with Gasteiger partial charge in [0.15, 0.2) is 0 Å². The zero-order valence-electron chi connectivity index (χ0n) is 18.0. The number of halogens is 3. The van der Waals surface area contributed by atoms with Crippen molar-refractivity contribution in [3.63, 3.8) is 0 Å². The van der Waals surface area contributed by atoms with Crippen LogP contribution < -0.4 is 10.1 Å². The Morgan fingerprint density at radius 3 is 2.50 bits per heavy atom. The van der Waals surface area contributed by atoms with Crippen LogP contribution in [0.15, 0.2) is 36.4 Å². The Morgan fingerprint density at radius 2 is 1.84 bits per heavy atom. The predicted molar refractivity (Wildman–Crippen MR) is 113 cm³/mol. The molecule has 2 aliphatic rings. The van der Waals surface area contributed by atoms with E-state index < -0.39 is 11.7 Å². The lowest BCUT2D eigenvalue weighted by Gasteiger charge is -2.34. The number of ether oxygens (including phenoxy) is 1. The minimum Gasteiger partial charge on any atom is -0.496 e. The van der Waals surface area contributed by atoms with E-state index in [1.54, 1.807) is 18.1 Å². The largest absolute Gasteiger partial charge is 0.496 e. The molecule has 170 valence electrons.